The average molecular weight is 658 g/mol. The lowest BCUT2D eigenvalue weighted by Crippen LogP contribution is -2.58. The second-order valence-corrected chi connectivity index (χ2v) is 12.9. The number of rotatable bonds is 18. The molecule has 4 rings (SSSR count). The summed E-state index contributed by atoms with van der Waals surface area (Å²) in [6, 6.07) is 13.8. The second-order valence-electron chi connectivity index (χ2n) is 12.9. The maximum Gasteiger partial charge on any atom is 0.239 e. The van der Waals surface area contributed by atoms with Gasteiger partial charge < -0.3 is 49.1 Å². The largest absolute Gasteiger partial charge is 0.490 e. The predicted molar refractivity (Wildman–Crippen MR) is 181 cm³/mol. The van der Waals surface area contributed by atoms with E-state index in [9.17, 15) is 9.90 Å². The highest BCUT2D eigenvalue weighted by Crippen LogP contribution is 2.36. The predicted octanol–water partition coefficient (Wildman–Crippen LogP) is 3.35. The van der Waals surface area contributed by atoms with Gasteiger partial charge in [0.25, 0.3) is 0 Å². The maximum atomic E-state index is 13.6. The van der Waals surface area contributed by atoms with Gasteiger partial charge in [-0.3, -0.25) is 4.79 Å². The van der Waals surface area contributed by atoms with Crippen LogP contribution in [-0.2, 0) is 41.7 Å². The number of carbonyl (C=O) groups excluding carboxylic acids is 1. The van der Waals surface area contributed by atoms with Crippen LogP contribution in [0.4, 0.5) is 5.69 Å². The number of amides is 1. The van der Waals surface area contributed by atoms with Crippen molar-refractivity contribution in [3.8, 4) is 5.75 Å². The SMILES string of the molecule is COCCCN1CCOc2ccc(CO[C@H]3CN(C(=O)C(N)C(C)C)C[C@@H](OCC(C)O)[C@@H]3c3ccc(COCCOC)cc3)cc21. The molecule has 2 heterocycles. The molecule has 262 valence electrons. The van der Waals surface area contributed by atoms with Crippen LogP contribution in [-0.4, -0.2) is 114 Å². The summed E-state index contributed by atoms with van der Waals surface area (Å²) in [5, 5.41) is 10.1. The standard InChI is InChI=1S/C36H55N3O8/c1-25(2)35(37)36(41)39-20-32(46-22-26(3)40)34(29-10-7-27(8-11-29)23-44-18-17-43-5)33(21-39)47-24-28-9-12-31-30(19-28)38(14-16-45-31)13-6-15-42-4/h7-12,19,25-26,32-35,40H,6,13-18,20-24,37H2,1-5H3/t26?,32-,33+,34+,35?/m1/s1. The summed E-state index contributed by atoms with van der Waals surface area (Å²) in [7, 11) is 3.38. The van der Waals surface area contributed by atoms with Crippen LogP contribution in [0.3, 0.4) is 0 Å². The molecule has 47 heavy (non-hydrogen) atoms. The van der Waals surface area contributed by atoms with Crippen molar-refractivity contribution < 1.29 is 38.3 Å². The third-order valence-electron chi connectivity index (χ3n) is 8.76. The molecule has 1 amide bonds. The number of benzene rings is 2. The van der Waals surface area contributed by atoms with E-state index in [1.165, 1.54) is 0 Å². The van der Waals surface area contributed by atoms with Gasteiger partial charge in [-0.1, -0.05) is 44.2 Å². The van der Waals surface area contributed by atoms with Gasteiger partial charge in [-0.05, 0) is 48.1 Å². The number of methoxy groups -OCH3 is 2. The Bertz CT molecular complexity index is 1230. The molecule has 2 unspecified atom stereocenters. The smallest absolute Gasteiger partial charge is 0.239 e. The van der Waals surface area contributed by atoms with Crippen molar-refractivity contribution in [3.63, 3.8) is 0 Å². The molecule has 2 aromatic rings. The third kappa shape index (κ3) is 10.6. The van der Waals surface area contributed by atoms with Crippen LogP contribution in [0.15, 0.2) is 42.5 Å². The molecule has 0 radical (unpaired) electrons. The van der Waals surface area contributed by atoms with Crippen molar-refractivity contribution in [1.29, 1.82) is 0 Å². The van der Waals surface area contributed by atoms with E-state index in [2.05, 4.69) is 35.2 Å². The molecule has 11 nitrogen and oxygen atoms in total. The lowest BCUT2D eigenvalue weighted by Gasteiger charge is -2.44. The summed E-state index contributed by atoms with van der Waals surface area (Å²) >= 11 is 0. The van der Waals surface area contributed by atoms with Gasteiger partial charge in [-0.15, -0.1) is 0 Å². The Balaban J connectivity index is 1.59. The summed E-state index contributed by atoms with van der Waals surface area (Å²) in [5.41, 5.74) is 10.5. The number of nitrogens with two attached hydrogens (primary N) is 1. The number of carbonyl (C=O) groups is 1. The number of hydrogen-bond donors (Lipinski definition) is 2. The fraction of sp³-hybridized carbons (Fsp3) is 0.639. The Labute approximate surface area is 280 Å². The van der Waals surface area contributed by atoms with Crippen molar-refractivity contribution in [1.82, 2.24) is 4.90 Å². The second kappa shape index (κ2) is 18.7. The van der Waals surface area contributed by atoms with Crippen molar-refractivity contribution in [2.45, 2.75) is 70.7 Å². The minimum absolute atomic E-state index is 0.0142. The van der Waals surface area contributed by atoms with Gasteiger partial charge in [-0.2, -0.15) is 0 Å². The van der Waals surface area contributed by atoms with Gasteiger partial charge in [-0.25, -0.2) is 0 Å². The number of fused-ring (bicyclic) bond motifs is 1. The molecule has 2 aliphatic rings. The quantitative estimate of drug-likeness (QED) is 0.231. The minimum Gasteiger partial charge on any atom is -0.490 e. The third-order valence-corrected chi connectivity index (χ3v) is 8.76. The van der Waals surface area contributed by atoms with Gasteiger partial charge in [0.15, 0.2) is 0 Å². The van der Waals surface area contributed by atoms with Crippen molar-refractivity contribution >= 4 is 11.6 Å². The zero-order valence-corrected chi connectivity index (χ0v) is 28.8. The van der Waals surface area contributed by atoms with E-state index in [1.54, 1.807) is 26.0 Å². The Hall–Kier alpha value is -2.77. The summed E-state index contributed by atoms with van der Waals surface area (Å²) < 4.78 is 35.1. The summed E-state index contributed by atoms with van der Waals surface area (Å²) in [4.78, 5) is 17.7. The van der Waals surface area contributed by atoms with Gasteiger partial charge in [0.1, 0.15) is 12.4 Å². The monoisotopic (exact) mass is 657 g/mol. The zero-order valence-electron chi connectivity index (χ0n) is 28.8. The number of piperidine rings is 1. The lowest BCUT2D eigenvalue weighted by atomic mass is 9.83. The summed E-state index contributed by atoms with van der Waals surface area (Å²) in [6.45, 7) is 11.4. The van der Waals surface area contributed by atoms with E-state index in [1.807, 2.05) is 26.0 Å². The van der Waals surface area contributed by atoms with E-state index >= 15 is 0 Å². The molecule has 0 saturated carbocycles. The van der Waals surface area contributed by atoms with Gasteiger partial charge in [0, 0.05) is 46.4 Å². The first-order valence-corrected chi connectivity index (χ1v) is 16.8. The molecular formula is C36H55N3O8. The molecule has 0 bridgehead atoms. The van der Waals surface area contributed by atoms with Gasteiger partial charge >= 0.3 is 0 Å². The molecule has 5 atom stereocenters. The highest BCUT2D eigenvalue weighted by molar-refractivity contribution is 5.82. The van der Waals surface area contributed by atoms with Gasteiger partial charge in [0.05, 0.1) is 69.6 Å². The van der Waals surface area contributed by atoms with E-state index in [-0.39, 0.29) is 30.5 Å². The molecule has 0 aromatic heterocycles. The maximum absolute atomic E-state index is 13.6. The average Bonchev–Trinajstić information content (AvgIpc) is 3.07. The fourth-order valence-electron chi connectivity index (χ4n) is 6.07. The highest BCUT2D eigenvalue weighted by Gasteiger charge is 2.42. The van der Waals surface area contributed by atoms with E-state index in [0.29, 0.717) is 52.7 Å². The van der Waals surface area contributed by atoms with Crippen LogP contribution in [0, 0.1) is 5.92 Å². The van der Waals surface area contributed by atoms with Crippen molar-refractivity contribution in [2.24, 2.45) is 11.7 Å². The van der Waals surface area contributed by atoms with Crippen molar-refractivity contribution in [2.75, 3.05) is 78.3 Å². The Morgan fingerprint density at radius 1 is 0.957 bits per heavy atom. The van der Waals surface area contributed by atoms with Crippen LogP contribution < -0.4 is 15.4 Å². The van der Waals surface area contributed by atoms with Crippen LogP contribution >= 0.6 is 0 Å². The number of aliphatic hydroxyl groups excluding tert-OH is 1. The molecule has 1 saturated heterocycles. The Morgan fingerprint density at radius 3 is 2.34 bits per heavy atom. The molecule has 0 spiro atoms. The van der Waals surface area contributed by atoms with Crippen LogP contribution in [0.25, 0.3) is 0 Å². The van der Waals surface area contributed by atoms with E-state index in [0.717, 1.165) is 47.6 Å². The van der Waals surface area contributed by atoms with E-state index in [4.69, 9.17) is 34.2 Å². The minimum atomic E-state index is -0.657. The number of aliphatic hydroxyl groups is 1. The number of ether oxygens (including phenoxy) is 6. The number of nitrogens with zero attached hydrogens (tertiary/aromatic N) is 2. The number of hydrogen-bond acceptors (Lipinski definition) is 10. The lowest BCUT2D eigenvalue weighted by molar-refractivity contribution is -0.149. The Morgan fingerprint density at radius 2 is 1.66 bits per heavy atom. The topological polar surface area (TPSA) is 125 Å². The molecular weight excluding hydrogens is 602 g/mol. The number of likely N-dealkylation sites (tertiary alicyclic amines) is 1. The molecule has 2 aliphatic heterocycles. The zero-order chi connectivity index (χ0) is 33.8. The Kier molecular flexibility index (Phi) is 14.7. The molecule has 0 aliphatic carbocycles. The highest BCUT2D eigenvalue weighted by atomic mass is 16.5. The molecule has 11 heteroatoms. The fourth-order valence-corrected chi connectivity index (χ4v) is 6.07. The molecule has 2 aromatic carbocycles. The normalized spacial score (nSPS) is 21.0. The first-order valence-electron chi connectivity index (χ1n) is 16.8. The summed E-state index contributed by atoms with van der Waals surface area (Å²) in [5.74, 6) is 0.534. The number of anilines is 1. The summed E-state index contributed by atoms with van der Waals surface area (Å²) in [6.07, 6.45) is -0.534. The first kappa shape index (κ1) is 37.1. The molecule has 1 fully saturated rings. The van der Waals surface area contributed by atoms with E-state index < -0.39 is 18.2 Å². The van der Waals surface area contributed by atoms with Gasteiger partial charge in [0.2, 0.25) is 5.91 Å². The molecule has 3 N–H and O–H groups in total. The first-order chi connectivity index (χ1) is 22.7. The van der Waals surface area contributed by atoms with Crippen LogP contribution in [0.5, 0.6) is 5.75 Å². The van der Waals surface area contributed by atoms with Crippen molar-refractivity contribution in [3.05, 3.63) is 59.2 Å². The van der Waals surface area contributed by atoms with Crippen LogP contribution in [0.1, 0.15) is 49.8 Å². The van der Waals surface area contributed by atoms with Crippen LogP contribution in [0.2, 0.25) is 0 Å².